The van der Waals surface area contributed by atoms with Gasteiger partial charge in [-0.2, -0.15) is 0 Å². The van der Waals surface area contributed by atoms with Crippen molar-refractivity contribution >= 4 is 0 Å². The number of benzene rings is 1. The normalized spacial score (nSPS) is 22.6. The Morgan fingerprint density at radius 2 is 2.06 bits per heavy atom. The number of hydrogen-bond donors (Lipinski definition) is 1. The maximum absolute atomic E-state index is 5.20. The maximum Gasteiger partial charge on any atom is 0.118 e. The minimum Gasteiger partial charge on any atom is -0.497 e. The molecule has 0 aliphatic carbocycles. The van der Waals surface area contributed by atoms with Gasteiger partial charge in [-0.05, 0) is 50.7 Å². The Morgan fingerprint density at radius 1 is 1.35 bits per heavy atom. The minimum absolute atomic E-state index is 0.450. The van der Waals surface area contributed by atoms with Crippen LogP contribution in [0.5, 0.6) is 5.75 Å². The van der Waals surface area contributed by atoms with Crippen molar-refractivity contribution in [3.63, 3.8) is 0 Å². The lowest BCUT2D eigenvalue weighted by atomic mass is 9.92. The van der Waals surface area contributed by atoms with E-state index in [9.17, 15) is 0 Å². The molecule has 1 heterocycles. The van der Waals surface area contributed by atoms with Crippen molar-refractivity contribution in [2.75, 3.05) is 34.3 Å². The smallest absolute Gasteiger partial charge is 0.118 e. The molecule has 3 nitrogen and oxygen atoms in total. The molecule has 0 spiro atoms. The zero-order chi connectivity index (χ0) is 12.3. The second kappa shape index (κ2) is 5.52. The molecule has 0 amide bonds. The molecule has 2 atom stereocenters. The lowest BCUT2D eigenvalue weighted by Crippen LogP contribution is -2.27. The summed E-state index contributed by atoms with van der Waals surface area (Å²) >= 11 is 0. The molecule has 1 fully saturated rings. The van der Waals surface area contributed by atoms with Gasteiger partial charge in [0.15, 0.2) is 0 Å². The van der Waals surface area contributed by atoms with Gasteiger partial charge in [-0.25, -0.2) is 0 Å². The lowest BCUT2D eigenvalue weighted by Gasteiger charge is -2.23. The minimum atomic E-state index is 0.450. The van der Waals surface area contributed by atoms with Gasteiger partial charge < -0.3 is 15.0 Å². The van der Waals surface area contributed by atoms with E-state index >= 15 is 0 Å². The molecule has 0 aromatic heterocycles. The standard InChI is InChI=1S/C14H22N2O/c1-15-14(12-8-9-16(2)10-12)11-4-6-13(17-3)7-5-11/h4-7,12,14-15H,8-10H2,1-3H3. The number of likely N-dealkylation sites (tertiary alicyclic amines) is 1. The van der Waals surface area contributed by atoms with Crippen LogP contribution in [0.4, 0.5) is 0 Å². The molecule has 3 heteroatoms. The Morgan fingerprint density at radius 3 is 2.53 bits per heavy atom. The average molecular weight is 234 g/mol. The predicted molar refractivity (Wildman–Crippen MR) is 70.4 cm³/mol. The summed E-state index contributed by atoms with van der Waals surface area (Å²) in [5, 5.41) is 3.45. The topological polar surface area (TPSA) is 24.5 Å². The first-order chi connectivity index (χ1) is 8.24. The third-order valence-electron chi connectivity index (χ3n) is 3.69. The highest BCUT2D eigenvalue weighted by Crippen LogP contribution is 2.30. The van der Waals surface area contributed by atoms with Gasteiger partial charge in [0.2, 0.25) is 0 Å². The average Bonchev–Trinajstić information content (AvgIpc) is 2.78. The van der Waals surface area contributed by atoms with Gasteiger partial charge >= 0.3 is 0 Å². The Labute approximate surface area is 104 Å². The zero-order valence-electron chi connectivity index (χ0n) is 10.9. The van der Waals surface area contributed by atoms with Crippen molar-refractivity contribution in [1.29, 1.82) is 0 Å². The summed E-state index contributed by atoms with van der Waals surface area (Å²) in [6.07, 6.45) is 1.27. The molecule has 2 rings (SSSR count). The SMILES string of the molecule is CNC(c1ccc(OC)cc1)C1CCN(C)C1. The molecular weight excluding hydrogens is 212 g/mol. The van der Waals surface area contributed by atoms with Crippen LogP contribution in [0.3, 0.4) is 0 Å². The van der Waals surface area contributed by atoms with Crippen LogP contribution in [0.1, 0.15) is 18.0 Å². The van der Waals surface area contributed by atoms with Crippen molar-refractivity contribution in [1.82, 2.24) is 10.2 Å². The Bertz CT molecular complexity index is 350. The third-order valence-corrected chi connectivity index (χ3v) is 3.69. The first-order valence-electron chi connectivity index (χ1n) is 6.24. The molecule has 1 saturated heterocycles. The van der Waals surface area contributed by atoms with Gasteiger partial charge in [-0.3, -0.25) is 0 Å². The van der Waals surface area contributed by atoms with Crippen LogP contribution in [0.2, 0.25) is 0 Å². The largest absolute Gasteiger partial charge is 0.497 e. The highest BCUT2D eigenvalue weighted by Gasteiger charge is 2.27. The summed E-state index contributed by atoms with van der Waals surface area (Å²) in [4.78, 5) is 2.40. The van der Waals surface area contributed by atoms with Gasteiger partial charge in [0.05, 0.1) is 7.11 Å². The van der Waals surface area contributed by atoms with Crippen LogP contribution in [0, 0.1) is 5.92 Å². The van der Waals surface area contributed by atoms with Crippen LogP contribution in [-0.4, -0.2) is 39.2 Å². The third kappa shape index (κ3) is 2.79. The number of rotatable bonds is 4. The van der Waals surface area contributed by atoms with Crippen LogP contribution in [-0.2, 0) is 0 Å². The fourth-order valence-electron chi connectivity index (χ4n) is 2.73. The summed E-state index contributed by atoms with van der Waals surface area (Å²) in [6.45, 7) is 2.39. The van der Waals surface area contributed by atoms with E-state index in [1.54, 1.807) is 7.11 Å². The molecule has 2 unspecified atom stereocenters. The Balaban J connectivity index is 2.11. The fraction of sp³-hybridized carbons (Fsp3) is 0.571. The summed E-state index contributed by atoms with van der Waals surface area (Å²) in [6, 6.07) is 8.86. The van der Waals surface area contributed by atoms with E-state index in [-0.39, 0.29) is 0 Å². The number of nitrogens with one attached hydrogen (secondary N) is 1. The first kappa shape index (κ1) is 12.4. The maximum atomic E-state index is 5.20. The molecule has 0 radical (unpaired) electrons. The molecule has 1 aliphatic heterocycles. The first-order valence-corrected chi connectivity index (χ1v) is 6.24. The second-order valence-electron chi connectivity index (χ2n) is 4.85. The lowest BCUT2D eigenvalue weighted by molar-refractivity contribution is 0.350. The van der Waals surface area contributed by atoms with Gasteiger partial charge in [0.1, 0.15) is 5.75 Å². The van der Waals surface area contributed by atoms with E-state index in [2.05, 4.69) is 29.4 Å². The number of ether oxygens (including phenoxy) is 1. The van der Waals surface area contributed by atoms with Crippen molar-refractivity contribution in [3.8, 4) is 5.75 Å². The van der Waals surface area contributed by atoms with E-state index in [0.717, 1.165) is 5.75 Å². The molecule has 1 aromatic carbocycles. The second-order valence-corrected chi connectivity index (χ2v) is 4.85. The van der Waals surface area contributed by atoms with Crippen LogP contribution in [0.15, 0.2) is 24.3 Å². The van der Waals surface area contributed by atoms with Gasteiger partial charge in [0, 0.05) is 12.6 Å². The Hall–Kier alpha value is -1.06. The molecule has 94 valence electrons. The van der Waals surface area contributed by atoms with Crippen molar-refractivity contribution in [2.24, 2.45) is 5.92 Å². The predicted octanol–water partition coefficient (Wildman–Crippen LogP) is 1.91. The molecule has 1 aromatic rings. The quantitative estimate of drug-likeness (QED) is 0.861. The van der Waals surface area contributed by atoms with Crippen molar-refractivity contribution < 1.29 is 4.74 Å². The molecule has 0 bridgehead atoms. The monoisotopic (exact) mass is 234 g/mol. The van der Waals surface area contributed by atoms with E-state index in [1.807, 2.05) is 19.2 Å². The van der Waals surface area contributed by atoms with E-state index < -0.39 is 0 Å². The van der Waals surface area contributed by atoms with Crippen LogP contribution in [0.25, 0.3) is 0 Å². The molecule has 1 aliphatic rings. The summed E-state index contributed by atoms with van der Waals surface area (Å²) in [5.74, 6) is 1.63. The molecule has 1 N–H and O–H groups in total. The van der Waals surface area contributed by atoms with Crippen LogP contribution < -0.4 is 10.1 Å². The van der Waals surface area contributed by atoms with Gasteiger partial charge in [-0.1, -0.05) is 12.1 Å². The Kier molecular flexibility index (Phi) is 4.02. The molecule has 0 saturated carbocycles. The van der Waals surface area contributed by atoms with E-state index in [0.29, 0.717) is 12.0 Å². The highest BCUT2D eigenvalue weighted by atomic mass is 16.5. The fourth-order valence-corrected chi connectivity index (χ4v) is 2.73. The van der Waals surface area contributed by atoms with Gasteiger partial charge in [-0.15, -0.1) is 0 Å². The number of nitrogens with zero attached hydrogens (tertiary/aromatic N) is 1. The molecular formula is C14H22N2O. The number of hydrogen-bond acceptors (Lipinski definition) is 3. The molecule has 17 heavy (non-hydrogen) atoms. The number of methoxy groups -OCH3 is 1. The summed E-state index contributed by atoms with van der Waals surface area (Å²) in [7, 11) is 5.95. The van der Waals surface area contributed by atoms with Gasteiger partial charge in [0.25, 0.3) is 0 Å². The summed E-state index contributed by atoms with van der Waals surface area (Å²) < 4.78 is 5.20. The van der Waals surface area contributed by atoms with E-state index in [4.69, 9.17) is 4.74 Å². The summed E-state index contributed by atoms with van der Waals surface area (Å²) in [5.41, 5.74) is 1.36. The van der Waals surface area contributed by atoms with E-state index in [1.165, 1.54) is 25.1 Å². The van der Waals surface area contributed by atoms with Crippen molar-refractivity contribution in [3.05, 3.63) is 29.8 Å². The van der Waals surface area contributed by atoms with Crippen molar-refractivity contribution in [2.45, 2.75) is 12.5 Å². The highest BCUT2D eigenvalue weighted by molar-refractivity contribution is 5.29. The zero-order valence-corrected chi connectivity index (χ0v) is 10.9. The van der Waals surface area contributed by atoms with Crippen LogP contribution >= 0.6 is 0 Å².